The summed E-state index contributed by atoms with van der Waals surface area (Å²) < 4.78 is 27.1. The van der Waals surface area contributed by atoms with Crippen LogP contribution in [0.3, 0.4) is 0 Å². The van der Waals surface area contributed by atoms with Gasteiger partial charge in [-0.1, -0.05) is 12.1 Å². The lowest BCUT2D eigenvalue weighted by atomic mass is 10.1. The van der Waals surface area contributed by atoms with E-state index in [4.69, 9.17) is 0 Å². The highest BCUT2D eigenvalue weighted by atomic mass is 32.2. The minimum atomic E-state index is -3.25. The van der Waals surface area contributed by atoms with E-state index in [1.807, 2.05) is 42.6 Å². The predicted molar refractivity (Wildman–Crippen MR) is 89.5 cm³/mol. The van der Waals surface area contributed by atoms with Crippen molar-refractivity contribution < 1.29 is 8.42 Å². The molecule has 1 atom stereocenters. The number of aryl methyl sites for hydroxylation is 2. The fourth-order valence-electron chi connectivity index (χ4n) is 2.92. The van der Waals surface area contributed by atoms with Crippen LogP contribution in [-0.4, -0.2) is 30.0 Å². The molecule has 0 bridgehead atoms. The van der Waals surface area contributed by atoms with Crippen molar-refractivity contribution in [2.24, 2.45) is 0 Å². The van der Waals surface area contributed by atoms with E-state index in [9.17, 15) is 8.42 Å². The van der Waals surface area contributed by atoms with Crippen molar-refractivity contribution in [2.45, 2.75) is 32.2 Å². The van der Waals surface area contributed by atoms with Gasteiger partial charge >= 0.3 is 0 Å². The summed E-state index contributed by atoms with van der Waals surface area (Å²) in [5.74, 6) is 0.176. The van der Waals surface area contributed by atoms with Crippen LogP contribution >= 0.6 is 11.3 Å². The zero-order valence-electron chi connectivity index (χ0n) is 12.6. The number of pyridine rings is 1. The van der Waals surface area contributed by atoms with Gasteiger partial charge in [-0.25, -0.2) is 8.42 Å². The summed E-state index contributed by atoms with van der Waals surface area (Å²) >= 11 is 1.61. The highest BCUT2D eigenvalue weighted by Gasteiger charge is 2.35. The smallest absolute Gasteiger partial charge is 0.215 e. The maximum atomic E-state index is 12.7. The molecule has 3 heterocycles. The fourth-order valence-corrected chi connectivity index (χ4v) is 5.48. The van der Waals surface area contributed by atoms with Crippen LogP contribution in [0.2, 0.25) is 0 Å². The lowest BCUT2D eigenvalue weighted by Gasteiger charge is -2.23. The lowest BCUT2D eigenvalue weighted by Crippen LogP contribution is -2.33. The maximum absolute atomic E-state index is 12.7. The van der Waals surface area contributed by atoms with E-state index in [1.165, 1.54) is 0 Å². The van der Waals surface area contributed by atoms with E-state index < -0.39 is 10.0 Å². The Bertz CT molecular complexity index is 726. The highest BCUT2D eigenvalue weighted by Crippen LogP contribution is 2.33. The molecule has 0 spiro atoms. The van der Waals surface area contributed by atoms with Gasteiger partial charge in [-0.05, 0) is 49.8 Å². The SMILES string of the molecule is Cc1cccc([C@@H]2CCCN2S(=O)(=O)CCc2cccs2)n1. The molecule has 0 radical (unpaired) electrons. The second kappa shape index (κ2) is 6.48. The molecule has 0 N–H and O–H groups in total. The number of nitrogens with zero attached hydrogens (tertiary/aromatic N) is 2. The number of sulfonamides is 1. The number of thiophene rings is 1. The Hall–Kier alpha value is -1.24. The molecular weight excluding hydrogens is 316 g/mol. The van der Waals surface area contributed by atoms with Crippen molar-refractivity contribution in [2.75, 3.05) is 12.3 Å². The van der Waals surface area contributed by atoms with Crippen molar-refractivity contribution in [3.05, 3.63) is 52.0 Å². The van der Waals surface area contributed by atoms with E-state index in [0.717, 1.165) is 29.1 Å². The molecule has 0 aliphatic carbocycles. The number of hydrogen-bond acceptors (Lipinski definition) is 4. The van der Waals surface area contributed by atoms with Gasteiger partial charge in [0.15, 0.2) is 0 Å². The van der Waals surface area contributed by atoms with Crippen LogP contribution in [0, 0.1) is 6.92 Å². The molecule has 1 aliphatic heterocycles. The molecule has 2 aromatic rings. The van der Waals surface area contributed by atoms with Crippen molar-refractivity contribution in [3.8, 4) is 0 Å². The Kier molecular flexibility index (Phi) is 4.61. The molecule has 118 valence electrons. The van der Waals surface area contributed by atoms with E-state index in [0.29, 0.717) is 13.0 Å². The standard InChI is InChI=1S/C16H20N2O2S2/c1-13-5-2-7-15(17-13)16-8-3-10-18(16)22(19,20)12-9-14-6-4-11-21-14/h2,4-7,11,16H,3,8-10,12H2,1H3/t16-/m0/s1. The first-order valence-corrected chi connectivity index (χ1v) is 10.0. The molecule has 1 fully saturated rings. The molecule has 1 saturated heterocycles. The van der Waals surface area contributed by atoms with E-state index >= 15 is 0 Å². The molecular formula is C16H20N2O2S2. The highest BCUT2D eigenvalue weighted by molar-refractivity contribution is 7.89. The van der Waals surface area contributed by atoms with Crippen molar-refractivity contribution in [3.63, 3.8) is 0 Å². The van der Waals surface area contributed by atoms with Crippen LogP contribution in [0.15, 0.2) is 35.7 Å². The van der Waals surface area contributed by atoms with Gasteiger partial charge in [-0.3, -0.25) is 4.98 Å². The summed E-state index contributed by atoms with van der Waals surface area (Å²) in [6, 6.07) is 9.67. The molecule has 0 aromatic carbocycles. The molecule has 0 unspecified atom stereocenters. The molecule has 2 aromatic heterocycles. The zero-order valence-corrected chi connectivity index (χ0v) is 14.2. The normalized spacial score (nSPS) is 19.6. The van der Waals surface area contributed by atoms with Gasteiger partial charge in [0.05, 0.1) is 17.5 Å². The summed E-state index contributed by atoms with van der Waals surface area (Å²) in [6.07, 6.45) is 2.34. The van der Waals surface area contributed by atoms with Gasteiger partial charge in [0.25, 0.3) is 0 Å². The monoisotopic (exact) mass is 336 g/mol. The summed E-state index contributed by atoms with van der Waals surface area (Å²) in [5, 5.41) is 1.98. The molecule has 0 saturated carbocycles. The second-order valence-electron chi connectivity index (χ2n) is 5.62. The number of hydrogen-bond donors (Lipinski definition) is 0. The van der Waals surface area contributed by atoms with Gasteiger partial charge in [0.1, 0.15) is 0 Å². The number of aromatic nitrogens is 1. The minimum Gasteiger partial charge on any atom is -0.256 e. The first-order valence-electron chi connectivity index (χ1n) is 7.52. The molecule has 3 rings (SSSR count). The van der Waals surface area contributed by atoms with Crippen LogP contribution in [0.25, 0.3) is 0 Å². The van der Waals surface area contributed by atoms with Gasteiger partial charge in [-0.15, -0.1) is 11.3 Å². The Morgan fingerprint density at radius 3 is 2.91 bits per heavy atom. The third-order valence-electron chi connectivity index (χ3n) is 4.00. The number of rotatable bonds is 5. The third-order valence-corrected chi connectivity index (χ3v) is 6.81. The summed E-state index contributed by atoms with van der Waals surface area (Å²) in [5.41, 5.74) is 1.80. The van der Waals surface area contributed by atoms with Crippen molar-refractivity contribution in [1.29, 1.82) is 0 Å². The summed E-state index contributed by atoms with van der Waals surface area (Å²) in [6.45, 7) is 2.54. The first kappa shape index (κ1) is 15.6. The Morgan fingerprint density at radius 2 is 2.18 bits per heavy atom. The summed E-state index contributed by atoms with van der Waals surface area (Å²) in [7, 11) is -3.25. The average molecular weight is 336 g/mol. The van der Waals surface area contributed by atoms with Crippen LogP contribution in [0.5, 0.6) is 0 Å². The third kappa shape index (κ3) is 3.39. The molecule has 0 amide bonds. The van der Waals surface area contributed by atoms with E-state index in [1.54, 1.807) is 15.6 Å². The van der Waals surface area contributed by atoms with Gasteiger partial charge in [0.2, 0.25) is 10.0 Å². The lowest BCUT2D eigenvalue weighted by molar-refractivity contribution is 0.390. The Morgan fingerprint density at radius 1 is 1.32 bits per heavy atom. The van der Waals surface area contributed by atoms with Crippen molar-refractivity contribution in [1.82, 2.24) is 9.29 Å². The van der Waals surface area contributed by atoms with E-state index in [-0.39, 0.29) is 11.8 Å². The van der Waals surface area contributed by atoms with Crippen molar-refractivity contribution >= 4 is 21.4 Å². The maximum Gasteiger partial charge on any atom is 0.215 e. The summed E-state index contributed by atoms with van der Waals surface area (Å²) in [4.78, 5) is 5.64. The van der Waals surface area contributed by atoms with Gasteiger partial charge in [0, 0.05) is 17.1 Å². The van der Waals surface area contributed by atoms with Gasteiger partial charge < -0.3 is 0 Å². The molecule has 22 heavy (non-hydrogen) atoms. The first-order chi connectivity index (χ1) is 10.6. The van der Waals surface area contributed by atoms with E-state index in [2.05, 4.69) is 4.98 Å². The topological polar surface area (TPSA) is 50.3 Å². The van der Waals surface area contributed by atoms with Crippen LogP contribution < -0.4 is 0 Å². The quantitative estimate of drug-likeness (QED) is 0.843. The molecule has 6 heteroatoms. The largest absolute Gasteiger partial charge is 0.256 e. The van der Waals surface area contributed by atoms with Crippen LogP contribution in [0.1, 0.15) is 35.1 Å². The predicted octanol–water partition coefficient (Wildman–Crippen LogP) is 3.16. The Labute approximate surface area is 135 Å². The van der Waals surface area contributed by atoms with Crippen LogP contribution in [0.4, 0.5) is 0 Å². The van der Waals surface area contributed by atoms with Gasteiger partial charge in [-0.2, -0.15) is 4.31 Å². The second-order valence-corrected chi connectivity index (χ2v) is 8.69. The minimum absolute atomic E-state index is 0.103. The fraction of sp³-hybridized carbons (Fsp3) is 0.438. The Balaban J connectivity index is 1.76. The molecule has 1 aliphatic rings. The van der Waals surface area contributed by atoms with Crippen LogP contribution in [-0.2, 0) is 16.4 Å². The average Bonchev–Trinajstić information content (AvgIpc) is 3.17. The zero-order chi connectivity index (χ0) is 15.6. The molecule has 4 nitrogen and oxygen atoms in total.